The fourth-order valence-corrected chi connectivity index (χ4v) is 8.61. The standard InChI is InChI=1S/C57H107NO5/c1-4-7-10-13-16-19-22-25-27-28-29-31-34-37-40-43-46-49-55(60)54(52-59)58-56(61)51-53(48-45-42-39-36-33-30-24-21-18-15-12-9-6-3)63-57(62)50-47-44-41-38-35-32-26-23-20-17-14-11-8-5-2/h9,12,15,18,21,24,53-55,59-60H,4-8,10-11,13-14,16-17,19-20,22-23,25-52H2,1-3H3,(H,58,61)/b12-9+,18-15+,24-21+. The van der Waals surface area contributed by atoms with Crippen LogP contribution in [0.2, 0.25) is 0 Å². The first-order valence-corrected chi connectivity index (χ1v) is 27.7. The van der Waals surface area contributed by atoms with E-state index in [2.05, 4.69) is 62.5 Å². The van der Waals surface area contributed by atoms with Gasteiger partial charge in [-0.15, -0.1) is 0 Å². The van der Waals surface area contributed by atoms with Crippen LogP contribution >= 0.6 is 0 Å². The highest BCUT2D eigenvalue weighted by Gasteiger charge is 2.24. The number of aliphatic hydroxyl groups excluding tert-OH is 2. The van der Waals surface area contributed by atoms with E-state index in [-0.39, 0.29) is 24.9 Å². The van der Waals surface area contributed by atoms with Crippen molar-refractivity contribution in [3.05, 3.63) is 36.5 Å². The molecule has 0 saturated heterocycles. The molecule has 0 saturated carbocycles. The van der Waals surface area contributed by atoms with E-state index >= 15 is 0 Å². The van der Waals surface area contributed by atoms with Gasteiger partial charge in [-0.25, -0.2) is 0 Å². The maximum absolute atomic E-state index is 13.2. The molecule has 0 bridgehead atoms. The van der Waals surface area contributed by atoms with E-state index < -0.39 is 18.2 Å². The molecule has 0 aliphatic carbocycles. The molecule has 0 fully saturated rings. The van der Waals surface area contributed by atoms with Crippen molar-refractivity contribution in [2.75, 3.05) is 6.61 Å². The van der Waals surface area contributed by atoms with Crippen LogP contribution in [0.25, 0.3) is 0 Å². The Balaban J connectivity index is 4.50. The zero-order valence-electron chi connectivity index (χ0n) is 42.2. The van der Waals surface area contributed by atoms with Gasteiger partial charge in [0.05, 0.1) is 25.2 Å². The molecular formula is C57H107NO5. The third-order valence-corrected chi connectivity index (χ3v) is 12.8. The summed E-state index contributed by atoms with van der Waals surface area (Å²) in [6.07, 6.45) is 60.7. The summed E-state index contributed by atoms with van der Waals surface area (Å²) in [6.45, 7) is 6.38. The topological polar surface area (TPSA) is 95.9 Å². The number of carbonyl (C=O) groups is 2. The number of esters is 1. The number of unbranched alkanes of at least 4 members (excludes halogenated alkanes) is 34. The highest BCUT2D eigenvalue weighted by molar-refractivity contribution is 5.77. The summed E-state index contributed by atoms with van der Waals surface area (Å²) in [5.74, 6) is -0.480. The van der Waals surface area contributed by atoms with Crippen LogP contribution in [0.1, 0.15) is 290 Å². The number of hydrogen-bond donors (Lipinski definition) is 3. The van der Waals surface area contributed by atoms with Crippen molar-refractivity contribution in [3.63, 3.8) is 0 Å². The maximum atomic E-state index is 13.2. The molecule has 63 heavy (non-hydrogen) atoms. The summed E-state index contributed by atoms with van der Waals surface area (Å²) in [5, 5.41) is 23.9. The van der Waals surface area contributed by atoms with E-state index in [1.165, 1.54) is 167 Å². The third kappa shape index (κ3) is 46.4. The average molecular weight is 886 g/mol. The number of amides is 1. The van der Waals surface area contributed by atoms with E-state index in [4.69, 9.17) is 4.74 Å². The van der Waals surface area contributed by atoms with Gasteiger partial charge < -0.3 is 20.3 Å². The Hall–Kier alpha value is -1.92. The lowest BCUT2D eigenvalue weighted by Crippen LogP contribution is -2.46. The molecule has 6 nitrogen and oxygen atoms in total. The van der Waals surface area contributed by atoms with Crippen molar-refractivity contribution in [2.24, 2.45) is 0 Å². The van der Waals surface area contributed by atoms with Gasteiger partial charge in [-0.2, -0.15) is 0 Å². The van der Waals surface area contributed by atoms with Gasteiger partial charge in [0.1, 0.15) is 6.10 Å². The van der Waals surface area contributed by atoms with Crippen molar-refractivity contribution in [1.29, 1.82) is 0 Å². The first kappa shape index (κ1) is 61.1. The van der Waals surface area contributed by atoms with Gasteiger partial charge in [-0.3, -0.25) is 9.59 Å². The molecular weight excluding hydrogens is 779 g/mol. The molecule has 0 aromatic heterocycles. The molecule has 0 heterocycles. The molecule has 0 aromatic carbocycles. The summed E-state index contributed by atoms with van der Waals surface area (Å²) in [6, 6.07) is -0.706. The Morgan fingerprint density at radius 2 is 0.857 bits per heavy atom. The quantitative estimate of drug-likeness (QED) is 0.0321. The summed E-state index contributed by atoms with van der Waals surface area (Å²) in [4.78, 5) is 26.2. The van der Waals surface area contributed by atoms with Crippen molar-refractivity contribution >= 4 is 11.9 Å². The summed E-state index contributed by atoms with van der Waals surface area (Å²) in [7, 11) is 0. The lowest BCUT2D eigenvalue weighted by Gasteiger charge is -2.24. The molecule has 3 N–H and O–H groups in total. The number of rotatable bonds is 50. The molecule has 3 unspecified atom stereocenters. The van der Waals surface area contributed by atoms with Gasteiger partial charge in [0.15, 0.2) is 0 Å². The number of hydrogen-bond acceptors (Lipinski definition) is 5. The first-order chi connectivity index (χ1) is 31.0. The molecule has 0 aliphatic rings. The fraction of sp³-hybridized carbons (Fsp3) is 0.860. The molecule has 0 spiro atoms. The van der Waals surface area contributed by atoms with Crippen LogP contribution in [-0.4, -0.2) is 46.9 Å². The van der Waals surface area contributed by atoms with Crippen LogP contribution in [0, 0.1) is 0 Å². The fourth-order valence-electron chi connectivity index (χ4n) is 8.61. The minimum Gasteiger partial charge on any atom is -0.462 e. The zero-order chi connectivity index (χ0) is 45.9. The van der Waals surface area contributed by atoms with Crippen molar-refractivity contribution in [2.45, 2.75) is 309 Å². The lowest BCUT2D eigenvalue weighted by atomic mass is 10.0. The second-order valence-electron chi connectivity index (χ2n) is 19.0. The molecule has 0 aliphatic heterocycles. The van der Waals surface area contributed by atoms with Crippen molar-refractivity contribution < 1.29 is 24.5 Å². The second kappa shape index (κ2) is 51.1. The van der Waals surface area contributed by atoms with Gasteiger partial charge in [0, 0.05) is 6.42 Å². The molecule has 3 atom stereocenters. The average Bonchev–Trinajstić information content (AvgIpc) is 3.28. The third-order valence-electron chi connectivity index (χ3n) is 12.8. The van der Waals surface area contributed by atoms with Crippen molar-refractivity contribution in [3.8, 4) is 0 Å². The van der Waals surface area contributed by atoms with Gasteiger partial charge in [0.25, 0.3) is 0 Å². The summed E-state index contributed by atoms with van der Waals surface area (Å²) in [5.41, 5.74) is 0. The Bertz CT molecular complexity index is 1040. The van der Waals surface area contributed by atoms with Crippen LogP contribution in [0.4, 0.5) is 0 Å². The largest absolute Gasteiger partial charge is 0.462 e. The number of ether oxygens (including phenoxy) is 1. The van der Waals surface area contributed by atoms with Gasteiger partial charge in [-0.05, 0) is 44.9 Å². The van der Waals surface area contributed by atoms with Crippen LogP contribution in [0.5, 0.6) is 0 Å². The smallest absolute Gasteiger partial charge is 0.306 e. The lowest BCUT2D eigenvalue weighted by molar-refractivity contribution is -0.151. The Morgan fingerprint density at radius 3 is 1.29 bits per heavy atom. The number of nitrogens with one attached hydrogen (secondary N) is 1. The number of carbonyl (C=O) groups excluding carboxylic acids is 2. The summed E-state index contributed by atoms with van der Waals surface area (Å²) < 4.78 is 5.94. The van der Waals surface area contributed by atoms with Gasteiger partial charge in [0.2, 0.25) is 5.91 Å². The van der Waals surface area contributed by atoms with E-state index in [9.17, 15) is 19.8 Å². The minimum absolute atomic E-state index is 0.0680. The summed E-state index contributed by atoms with van der Waals surface area (Å²) >= 11 is 0. The Kier molecular flexibility index (Phi) is 49.5. The Labute approximate surface area is 392 Å². The second-order valence-corrected chi connectivity index (χ2v) is 19.0. The molecule has 370 valence electrons. The molecule has 6 heteroatoms. The molecule has 1 amide bonds. The SMILES string of the molecule is CC/C=C/C=C/C=C/CCCCCCCC(CC(=O)NC(CO)C(O)CCCCCCCCCCCCCCCCCCC)OC(=O)CCCCCCCCCCCCCCCC. The predicted octanol–water partition coefficient (Wildman–Crippen LogP) is 16.8. The van der Waals surface area contributed by atoms with E-state index in [0.29, 0.717) is 19.3 Å². The number of aliphatic hydroxyl groups is 2. The van der Waals surface area contributed by atoms with Crippen molar-refractivity contribution in [1.82, 2.24) is 5.32 Å². The van der Waals surface area contributed by atoms with Gasteiger partial charge >= 0.3 is 5.97 Å². The van der Waals surface area contributed by atoms with Crippen LogP contribution in [-0.2, 0) is 14.3 Å². The Morgan fingerprint density at radius 1 is 0.476 bits per heavy atom. The van der Waals surface area contributed by atoms with Crippen LogP contribution in [0.15, 0.2) is 36.5 Å². The molecule has 0 radical (unpaired) electrons. The number of allylic oxidation sites excluding steroid dienone is 6. The highest BCUT2D eigenvalue weighted by Crippen LogP contribution is 2.19. The molecule has 0 aromatic rings. The normalized spacial score (nSPS) is 13.4. The monoisotopic (exact) mass is 886 g/mol. The van der Waals surface area contributed by atoms with E-state index in [1.807, 2.05) is 0 Å². The van der Waals surface area contributed by atoms with E-state index in [0.717, 1.165) is 77.0 Å². The first-order valence-electron chi connectivity index (χ1n) is 27.7. The predicted molar refractivity (Wildman–Crippen MR) is 273 cm³/mol. The van der Waals surface area contributed by atoms with E-state index in [1.54, 1.807) is 0 Å². The van der Waals surface area contributed by atoms with Crippen LogP contribution in [0.3, 0.4) is 0 Å². The van der Waals surface area contributed by atoms with Crippen LogP contribution < -0.4 is 5.32 Å². The zero-order valence-corrected chi connectivity index (χ0v) is 42.2. The minimum atomic E-state index is -0.791. The maximum Gasteiger partial charge on any atom is 0.306 e. The highest BCUT2D eigenvalue weighted by atomic mass is 16.5. The van der Waals surface area contributed by atoms with Gasteiger partial charge in [-0.1, -0.05) is 269 Å². The molecule has 0 rings (SSSR count).